The van der Waals surface area contributed by atoms with E-state index in [0.29, 0.717) is 33.5 Å². The van der Waals surface area contributed by atoms with Gasteiger partial charge in [-0.2, -0.15) is 5.10 Å². The highest BCUT2D eigenvalue weighted by Crippen LogP contribution is 2.27. The van der Waals surface area contributed by atoms with Crippen molar-refractivity contribution in [2.45, 2.75) is 13.3 Å². The summed E-state index contributed by atoms with van der Waals surface area (Å²) in [7, 11) is 3.05. The highest BCUT2D eigenvalue weighted by Gasteiger charge is 2.10. The van der Waals surface area contributed by atoms with E-state index in [1.807, 2.05) is 0 Å². The number of nitrogens with zero attached hydrogens (tertiary/aromatic N) is 1. The molecule has 2 aromatic carbocycles. The molecule has 0 aliphatic rings. The summed E-state index contributed by atoms with van der Waals surface area (Å²) < 4.78 is 10.2. The minimum atomic E-state index is -0.381. The van der Waals surface area contributed by atoms with Gasteiger partial charge < -0.3 is 14.8 Å². The Balaban J connectivity index is 1.93. The lowest BCUT2D eigenvalue weighted by Crippen LogP contribution is -2.21. The maximum absolute atomic E-state index is 12.2. The van der Waals surface area contributed by atoms with Crippen molar-refractivity contribution in [3.05, 3.63) is 53.1 Å². The van der Waals surface area contributed by atoms with E-state index in [9.17, 15) is 9.59 Å². The normalized spacial score (nSPS) is 10.9. The molecule has 0 aliphatic heterocycles. The number of anilines is 1. The van der Waals surface area contributed by atoms with Crippen molar-refractivity contribution < 1.29 is 19.1 Å². The van der Waals surface area contributed by atoms with Crippen LogP contribution in [0.1, 0.15) is 23.7 Å². The number of hydrogen-bond acceptors (Lipinski definition) is 5. The van der Waals surface area contributed by atoms with Gasteiger partial charge in [0.25, 0.3) is 5.91 Å². The number of ether oxygens (including phenoxy) is 2. The van der Waals surface area contributed by atoms with Crippen molar-refractivity contribution in [3.63, 3.8) is 0 Å². The van der Waals surface area contributed by atoms with Crippen LogP contribution in [0, 0.1) is 0 Å². The molecule has 0 fully saturated rings. The van der Waals surface area contributed by atoms with Gasteiger partial charge in [-0.3, -0.25) is 9.59 Å². The average Bonchev–Trinajstić information content (AvgIpc) is 2.66. The quantitative estimate of drug-likeness (QED) is 0.560. The SMILES string of the molecule is COc1ccc(C(=O)N/N=C(\C)CC(=O)Nc2cc(Cl)ccc2OC)cc1. The number of nitrogens with one attached hydrogen (secondary N) is 2. The summed E-state index contributed by atoms with van der Waals surface area (Å²) in [6.07, 6.45) is -0.00143. The Hall–Kier alpha value is -3.06. The van der Waals surface area contributed by atoms with Crippen molar-refractivity contribution >= 4 is 34.8 Å². The van der Waals surface area contributed by atoms with E-state index in [1.165, 1.54) is 7.11 Å². The van der Waals surface area contributed by atoms with E-state index in [0.717, 1.165) is 0 Å². The van der Waals surface area contributed by atoms with Gasteiger partial charge in [-0.25, -0.2) is 5.43 Å². The molecule has 0 unspecified atom stereocenters. The maximum Gasteiger partial charge on any atom is 0.271 e. The topological polar surface area (TPSA) is 89.0 Å². The van der Waals surface area contributed by atoms with Gasteiger partial charge in [0.2, 0.25) is 5.91 Å². The fourth-order valence-electron chi connectivity index (χ4n) is 2.20. The molecule has 7 nitrogen and oxygen atoms in total. The van der Waals surface area contributed by atoms with Crippen molar-refractivity contribution in [1.82, 2.24) is 5.43 Å². The van der Waals surface area contributed by atoms with Crippen LogP contribution >= 0.6 is 11.6 Å². The number of hydrogen-bond donors (Lipinski definition) is 2. The van der Waals surface area contributed by atoms with Crippen LogP contribution in [0.5, 0.6) is 11.5 Å². The van der Waals surface area contributed by atoms with E-state index in [2.05, 4.69) is 15.8 Å². The zero-order valence-corrected chi connectivity index (χ0v) is 16.0. The molecule has 2 N–H and O–H groups in total. The Morgan fingerprint density at radius 2 is 1.78 bits per heavy atom. The molecule has 0 aliphatic carbocycles. The summed E-state index contributed by atoms with van der Waals surface area (Å²) in [6.45, 7) is 1.64. The van der Waals surface area contributed by atoms with Crippen molar-refractivity contribution in [3.8, 4) is 11.5 Å². The number of benzene rings is 2. The summed E-state index contributed by atoms with van der Waals surface area (Å²) in [4.78, 5) is 24.2. The molecule has 2 rings (SSSR count). The molecule has 2 aromatic rings. The van der Waals surface area contributed by atoms with Gasteiger partial charge in [0.15, 0.2) is 0 Å². The molecule has 0 aromatic heterocycles. The highest BCUT2D eigenvalue weighted by molar-refractivity contribution is 6.31. The Kier molecular flexibility index (Phi) is 7.19. The summed E-state index contributed by atoms with van der Waals surface area (Å²) in [6, 6.07) is 11.5. The third kappa shape index (κ3) is 6.00. The highest BCUT2D eigenvalue weighted by atomic mass is 35.5. The van der Waals surface area contributed by atoms with E-state index < -0.39 is 0 Å². The Labute approximate surface area is 162 Å². The lowest BCUT2D eigenvalue weighted by Gasteiger charge is -2.10. The molecule has 142 valence electrons. The van der Waals surface area contributed by atoms with E-state index in [-0.39, 0.29) is 18.2 Å². The predicted octanol–water partition coefficient (Wildman–Crippen LogP) is 3.49. The lowest BCUT2D eigenvalue weighted by molar-refractivity contribution is -0.115. The standard InChI is InChI=1S/C19H20ClN3O4/c1-12(22-23-19(25)13-4-7-15(26-2)8-5-13)10-18(24)21-16-11-14(20)6-9-17(16)27-3/h4-9,11H,10H2,1-3H3,(H,21,24)(H,23,25)/b22-12+. The number of amides is 2. The van der Waals surface area contributed by atoms with Crippen molar-refractivity contribution in [2.75, 3.05) is 19.5 Å². The van der Waals surface area contributed by atoms with Gasteiger partial charge >= 0.3 is 0 Å². The van der Waals surface area contributed by atoms with Gasteiger partial charge in [-0.15, -0.1) is 0 Å². The predicted molar refractivity (Wildman–Crippen MR) is 105 cm³/mol. The average molecular weight is 390 g/mol. The number of halogens is 1. The van der Waals surface area contributed by atoms with Crippen LogP contribution in [-0.4, -0.2) is 31.7 Å². The van der Waals surface area contributed by atoms with Crippen LogP contribution in [0.2, 0.25) is 5.02 Å². The number of hydrazone groups is 1. The minimum absolute atomic E-state index is 0.00143. The number of carbonyl (C=O) groups is 2. The lowest BCUT2D eigenvalue weighted by atomic mass is 10.2. The maximum atomic E-state index is 12.2. The molecule has 0 radical (unpaired) electrons. The second-order valence-corrected chi connectivity index (χ2v) is 6.02. The number of rotatable bonds is 7. The molecule has 0 atom stereocenters. The van der Waals surface area contributed by atoms with Gasteiger partial charge in [-0.05, 0) is 49.4 Å². The molecule has 0 bridgehead atoms. The minimum Gasteiger partial charge on any atom is -0.497 e. The van der Waals surface area contributed by atoms with Crippen LogP contribution in [0.3, 0.4) is 0 Å². The zero-order chi connectivity index (χ0) is 19.8. The molecule has 0 heterocycles. The Bertz CT molecular complexity index is 851. The monoisotopic (exact) mass is 389 g/mol. The summed E-state index contributed by atoms with van der Waals surface area (Å²) >= 11 is 5.94. The van der Waals surface area contributed by atoms with Crippen LogP contribution in [0.15, 0.2) is 47.6 Å². The van der Waals surface area contributed by atoms with Crippen LogP contribution < -0.4 is 20.2 Å². The summed E-state index contributed by atoms with van der Waals surface area (Å²) in [5.74, 6) is 0.457. The third-order valence-electron chi connectivity index (χ3n) is 3.55. The first-order chi connectivity index (χ1) is 12.9. The smallest absolute Gasteiger partial charge is 0.271 e. The van der Waals surface area contributed by atoms with Gasteiger partial charge in [-0.1, -0.05) is 11.6 Å². The fourth-order valence-corrected chi connectivity index (χ4v) is 2.37. The van der Waals surface area contributed by atoms with Crippen molar-refractivity contribution in [1.29, 1.82) is 0 Å². The van der Waals surface area contributed by atoms with E-state index in [4.69, 9.17) is 21.1 Å². The number of carbonyl (C=O) groups excluding carboxylic acids is 2. The molecule has 2 amide bonds. The summed E-state index contributed by atoms with van der Waals surface area (Å²) in [5, 5.41) is 7.14. The molecule has 0 saturated carbocycles. The first kappa shape index (κ1) is 20.3. The van der Waals surface area contributed by atoms with E-state index >= 15 is 0 Å². The number of methoxy groups -OCH3 is 2. The van der Waals surface area contributed by atoms with Crippen LogP contribution in [-0.2, 0) is 4.79 Å². The molecule has 0 spiro atoms. The Morgan fingerprint density at radius 1 is 1.07 bits per heavy atom. The fraction of sp³-hybridized carbons (Fsp3) is 0.211. The Morgan fingerprint density at radius 3 is 2.41 bits per heavy atom. The largest absolute Gasteiger partial charge is 0.497 e. The van der Waals surface area contributed by atoms with Crippen molar-refractivity contribution in [2.24, 2.45) is 5.10 Å². The third-order valence-corrected chi connectivity index (χ3v) is 3.79. The first-order valence-electron chi connectivity index (χ1n) is 8.04. The molecule has 27 heavy (non-hydrogen) atoms. The van der Waals surface area contributed by atoms with Crippen LogP contribution in [0.4, 0.5) is 5.69 Å². The first-order valence-corrected chi connectivity index (χ1v) is 8.41. The second kappa shape index (κ2) is 9.59. The summed E-state index contributed by atoms with van der Waals surface area (Å²) in [5.41, 5.74) is 3.75. The van der Waals surface area contributed by atoms with Gasteiger partial charge in [0.1, 0.15) is 11.5 Å². The van der Waals surface area contributed by atoms with E-state index in [1.54, 1.807) is 56.5 Å². The molecule has 0 saturated heterocycles. The van der Waals surface area contributed by atoms with Crippen LogP contribution in [0.25, 0.3) is 0 Å². The zero-order valence-electron chi connectivity index (χ0n) is 15.2. The van der Waals surface area contributed by atoms with Gasteiger partial charge in [0, 0.05) is 16.3 Å². The molecule has 8 heteroatoms. The molecular formula is C19H20ClN3O4. The molecular weight excluding hydrogens is 370 g/mol. The second-order valence-electron chi connectivity index (χ2n) is 5.59. The van der Waals surface area contributed by atoms with Gasteiger partial charge in [0.05, 0.1) is 26.3 Å².